The minimum atomic E-state index is -0.314. The lowest BCUT2D eigenvalue weighted by molar-refractivity contribution is -0.121. The second-order valence-corrected chi connectivity index (χ2v) is 4.93. The van der Waals surface area contributed by atoms with Gasteiger partial charge in [-0.15, -0.1) is 0 Å². The Labute approximate surface area is 112 Å². The second-order valence-electron chi connectivity index (χ2n) is 4.52. The molecule has 18 heavy (non-hydrogen) atoms. The summed E-state index contributed by atoms with van der Waals surface area (Å²) >= 11 is 6.14. The fraction of sp³-hybridized carbons (Fsp3) is 0.462. The molecule has 1 aliphatic rings. The van der Waals surface area contributed by atoms with Crippen molar-refractivity contribution in [3.8, 4) is 0 Å². The van der Waals surface area contributed by atoms with Crippen LogP contribution in [0.15, 0.2) is 18.2 Å². The van der Waals surface area contributed by atoms with Crippen LogP contribution in [-0.2, 0) is 4.79 Å². The standard InChI is InChI=1S/C13H18ClN3O/c1-9-3-4-10(7-11(9)14)17-6-2-5-16-13(18)12(17)8-15/h3-4,7,12H,2,5-6,8,15H2,1H3,(H,16,18). The Balaban J connectivity index is 2.32. The summed E-state index contributed by atoms with van der Waals surface area (Å²) in [7, 11) is 0. The molecular weight excluding hydrogens is 250 g/mol. The molecule has 0 spiro atoms. The van der Waals surface area contributed by atoms with Crippen LogP contribution in [0.1, 0.15) is 12.0 Å². The first-order valence-corrected chi connectivity index (χ1v) is 6.52. The van der Waals surface area contributed by atoms with E-state index in [0.29, 0.717) is 18.1 Å². The zero-order valence-electron chi connectivity index (χ0n) is 10.4. The number of nitrogens with two attached hydrogens (primary N) is 1. The molecular formula is C13H18ClN3O. The minimum Gasteiger partial charge on any atom is -0.358 e. The van der Waals surface area contributed by atoms with Crippen molar-refractivity contribution in [1.29, 1.82) is 0 Å². The van der Waals surface area contributed by atoms with E-state index in [1.807, 2.05) is 30.0 Å². The third-order valence-electron chi connectivity index (χ3n) is 3.26. The highest BCUT2D eigenvalue weighted by Gasteiger charge is 2.27. The predicted molar refractivity (Wildman–Crippen MR) is 74.0 cm³/mol. The number of benzene rings is 1. The van der Waals surface area contributed by atoms with Crippen LogP contribution < -0.4 is 16.0 Å². The van der Waals surface area contributed by atoms with Crippen molar-refractivity contribution in [1.82, 2.24) is 5.32 Å². The Morgan fingerprint density at radius 1 is 1.56 bits per heavy atom. The quantitative estimate of drug-likeness (QED) is 0.849. The van der Waals surface area contributed by atoms with Crippen LogP contribution in [0.3, 0.4) is 0 Å². The van der Waals surface area contributed by atoms with Crippen LogP contribution in [0.4, 0.5) is 5.69 Å². The first-order chi connectivity index (χ1) is 8.63. The molecule has 1 saturated heterocycles. The molecule has 4 nitrogen and oxygen atoms in total. The SMILES string of the molecule is Cc1ccc(N2CCCNC(=O)C2CN)cc1Cl. The van der Waals surface area contributed by atoms with Gasteiger partial charge in [0.25, 0.3) is 0 Å². The molecule has 0 aromatic heterocycles. The summed E-state index contributed by atoms with van der Waals surface area (Å²) in [5.41, 5.74) is 7.71. The average molecular weight is 268 g/mol. The summed E-state index contributed by atoms with van der Waals surface area (Å²) in [6.45, 7) is 3.77. The number of carbonyl (C=O) groups is 1. The van der Waals surface area contributed by atoms with Gasteiger partial charge in [0, 0.05) is 30.3 Å². The summed E-state index contributed by atoms with van der Waals surface area (Å²) in [6.07, 6.45) is 0.910. The van der Waals surface area contributed by atoms with Crippen molar-refractivity contribution >= 4 is 23.2 Å². The van der Waals surface area contributed by atoms with Gasteiger partial charge in [0.15, 0.2) is 0 Å². The van der Waals surface area contributed by atoms with Crippen LogP contribution in [0.2, 0.25) is 5.02 Å². The number of rotatable bonds is 2. The number of nitrogens with one attached hydrogen (secondary N) is 1. The number of aryl methyl sites for hydroxylation is 1. The van der Waals surface area contributed by atoms with Gasteiger partial charge in [-0.1, -0.05) is 17.7 Å². The molecule has 1 aliphatic heterocycles. The van der Waals surface area contributed by atoms with Gasteiger partial charge in [-0.05, 0) is 31.0 Å². The van der Waals surface area contributed by atoms with Gasteiger partial charge >= 0.3 is 0 Å². The summed E-state index contributed by atoms with van der Waals surface area (Å²) in [5.74, 6) is -0.00769. The number of hydrogen-bond acceptors (Lipinski definition) is 3. The van der Waals surface area contributed by atoms with E-state index in [4.69, 9.17) is 17.3 Å². The molecule has 98 valence electrons. The maximum Gasteiger partial charge on any atom is 0.244 e. The third-order valence-corrected chi connectivity index (χ3v) is 3.67. The Hall–Kier alpha value is -1.26. The van der Waals surface area contributed by atoms with Gasteiger partial charge in [0.1, 0.15) is 6.04 Å². The Morgan fingerprint density at radius 2 is 2.33 bits per heavy atom. The molecule has 1 amide bonds. The molecule has 2 rings (SSSR count). The Kier molecular flexibility index (Phi) is 4.09. The van der Waals surface area contributed by atoms with Crippen LogP contribution in [0.5, 0.6) is 0 Å². The second kappa shape index (κ2) is 5.59. The molecule has 1 aromatic rings. The molecule has 0 saturated carbocycles. The van der Waals surface area contributed by atoms with E-state index in [-0.39, 0.29) is 11.9 Å². The van der Waals surface area contributed by atoms with Gasteiger partial charge < -0.3 is 16.0 Å². The highest BCUT2D eigenvalue weighted by Crippen LogP contribution is 2.25. The number of carbonyl (C=O) groups excluding carboxylic acids is 1. The van der Waals surface area contributed by atoms with Gasteiger partial charge in [-0.2, -0.15) is 0 Å². The molecule has 1 heterocycles. The minimum absolute atomic E-state index is 0.00769. The van der Waals surface area contributed by atoms with Crippen molar-refractivity contribution in [2.75, 3.05) is 24.5 Å². The van der Waals surface area contributed by atoms with Gasteiger partial charge in [0.2, 0.25) is 5.91 Å². The van der Waals surface area contributed by atoms with E-state index >= 15 is 0 Å². The zero-order valence-corrected chi connectivity index (χ0v) is 11.2. The van der Waals surface area contributed by atoms with Crippen molar-refractivity contribution < 1.29 is 4.79 Å². The molecule has 1 unspecified atom stereocenters. The van der Waals surface area contributed by atoms with Crippen LogP contribution in [-0.4, -0.2) is 31.6 Å². The molecule has 5 heteroatoms. The van der Waals surface area contributed by atoms with E-state index in [1.54, 1.807) is 0 Å². The fourth-order valence-electron chi connectivity index (χ4n) is 2.18. The van der Waals surface area contributed by atoms with Crippen LogP contribution in [0.25, 0.3) is 0 Å². The fourth-order valence-corrected chi connectivity index (χ4v) is 2.35. The maximum absolute atomic E-state index is 11.9. The number of amides is 1. The molecule has 1 fully saturated rings. The molecule has 1 atom stereocenters. The predicted octanol–water partition coefficient (Wildman–Crippen LogP) is 1.30. The Bertz CT molecular complexity index is 450. The van der Waals surface area contributed by atoms with E-state index in [1.165, 1.54) is 0 Å². The molecule has 0 aliphatic carbocycles. The van der Waals surface area contributed by atoms with E-state index < -0.39 is 0 Å². The highest BCUT2D eigenvalue weighted by molar-refractivity contribution is 6.31. The first-order valence-electron chi connectivity index (χ1n) is 6.14. The van der Waals surface area contributed by atoms with Gasteiger partial charge in [0.05, 0.1) is 0 Å². The van der Waals surface area contributed by atoms with E-state index in [2.05, 4.69) is 5.32 Å². The van der Waals surface area contributed by atoms with Crippen LogP contribution in [0, 0.1) is 6.92 Å². The van der Waals surface area contributed by atoms with Crippen molar-refractivity contribution in [2.24, 2.45) is 5.73 Å². The molecule has 3 N–H and O–H groups in total. The normalized spacial score (nSPS) is 20.5. The molecule has 0 radical (unpaired) electrons. The molecule has 1 aromatic carbocycles. The number of anilines is 1. The topological polar surface area (TPSA) is 58.4 Å². The average Bonchev–Trinajstić information content (AvgIpc) is 2.54. The van der Waals surface area contributed by atoms with Gasteiger partial charge in [-0.3, -0.25) is 4.79 Å². The van der Waals surface area contributed by atoms with Crippen molar-refractivity contribution in [2.45, 2.75) is 19.4 Å². The third kappa shape index (κ3) is 2.60. The first kappa shape index (κ1) is 13.2. The summed E-state index contributed by atoms with van der Waals surface area (Å²) in [4.78, 5) is 14.0. The van der Waals surface area contributed by atoms with Crippen molar-refractivity contribution in [3.05, 3.63) is 28.8 Å². The highest BCUT2D eigenvalue weighted by atomic mass is 35.5. The summed E-state index contributed by atoms with van der Waals surface area (Å²) in [5, 5.41) is 3.59. The lowest BCUT2D eigenvalue weighted by Crippen LogP contribution is -2.49. The van der Waals surface area contributed by atoms with Gasteiger partial charge in [-0.25, -0.2) is 0 Å². The van der Waals surface area contributed by atoms with E-state index in [9.17, 15) is 4.79 Å². The van der Waals surface area contributed by atoms with E-state index in [0.717, 1.165) is 24.2 Å². The smallest absolute Gasteiger partial charge is 0.244 e. The van der Waals surface area contributed by atoms with Crippen molar-refractivity contribution in [3.63, 3.8) is 0 Å². The Morgan fingerprint density at radius 3 is 3.00 bits per heavy atom. The maximum atomic E-state index is 11.9. The number of nitrogens with zero attached hydrogens (tertiary/aromatic N) is 1. The van der Waals surface area contributed by atoms with Crippen LogP contribution >= 0.6 is 11.6 Å². The lowest BCUT2D eigenvalue weighted by Gasteiger charge is -2.29. The summed E-state index contributed by atoms with van der Waals surface area (Å²) in [6, 6.07) is 5.54. The monoisotopic (exact) mass is 267 g/mol. The largest absolute Gasteiger partial charge is 0.358 e. The molecule has 0 bridgehead atoms. The lowest BCUT2D eigenvalue weighted by atomic mass is 10.1. The number of hydrogen-bond donors (Lipinski definition) is 2. The zero-order chi connectivity index (χ0) is 13.1. The summed E-state index contributed by atoms with van der Waals surface area (Å²) < 4.78 is 0. The number of halogens is 1.